The smallest absolute Gasteiger partial charge is 0.414 e. The van der Waals surface area contributed by atoms with Crippen molar-refractivity contribution in [3.05, 3.63) is 36.0 Å². The van der Waals surface area contributed by atoms with Crippen molar-refractivity contribution >= 4 is 34.4 Å². The first kappa shape index (κ1) is 19.0. The number of carboxylic acids is 2. The fourth-order valence-corrected chi connectivity index (χ4v) is 1.89. The van der Waals surface area contributed by atoms with Crippen molar-refractivity contribution in [3.8, 4) is 0 Å². The molecule has 1 heterocycles. The van der Waals surface area contributed by atoms with Crippen LogP contribution in [0.5, 0.6) is 0 Å². The molecule has 1 amide bonds. The van der Waals surface area contributed by atoms with Crippen LogP contribution in [0.1, 0.15) is 5.69 Å². The molecule has 8 heteroatoms. The Balaban J connectivity index is 0.000000413. The van der Waals surface area contributed by atoms with Gasteiger partial charge in [0.05, 0.1) is 17.7 Å². The molecule has 0 aliphatic rings. The second-order valence-electron chi connectivity index (χ2n) is 5.22. The zero-order valence-corrected chi connectivity index (χ0v) is 13.6. The monoisotopic (exact) mass is 333 g/mol. The highest BCUT2D eigenvalue weighted by Gasteiger charge is 2.08. The molecule has 0 unspecified atom stereocenters. The Hall–Kier alpha value is -3.00. The molecule has 1 aromatic heterocycles. The van der Waals surface area contributed by atoms with Crippen molar-refractivity contribution in [1.29, 1.82) is 0 Å². The van der Waals surface area contributed by atoms with Gasteiger partial charge in [0.1, 0.15) is 0 Å². The van der Waals surface area contributed by atoms with Gasteiger partial charge in [-0.15, -0.1) is 0 Å². The first-order valence-electron chi connectivity index (χ1n) is 6.98. The van der Waals surface area contributed by atoms with E-state index >= 15 is 0 Å². The predicted octanol–water partition coefficient (Wildman–Crippen LogP) is 1.20. The normalized spacial score (nSPS) is 10.0. The van der Waals surface area contributed by atoms with E-state index in [-0.39, 0.29) is 5.91 Å². The van der Waals surface area contributed by atoms with E-state index in [4.69, 9.17) is 19.8 Å². The summed E-state index contributed by atoms with van der Waals surface area (Å²) >= 11 is 0. The first-order chi connectivity index (χ1) is 11.2. The third-order valence-electron chi connectivity index (χ3n) is 2.76. The number of amides is 1. The van der Waals surface area contributed by atoms with Crippen LogP contribution < -0.4 is 5.32 Å². The summed E-state index contributed by atoms with van der Waals surface area (Å²) in [7, 11) is 3.74. The number of fused-ring (bicyclic) bond motifs is 1. The molecular weight excluding hydrogens is 314 g/mol. The van der Waals surface area contributed by atoms with E-state index in [0.717, 1.165) is 22.3 Å². The van der Waals surface area contributed by atoms with Crippen molar-refractivity contribution < 1.29 is 24.6 Å². The van der Waals surface area contributed by atoms with Crippen molar-refractivity contribution in [2.45, 2.75) is 6.92 Å². The molecule has 0 saturated heterocycles. The zero-order chi connectivity index (χ0) is 18.3. The Morgan fingerprint density at radius 2 is 1.71 bits per heavy atom. The highest BCUT2D eigenvalue weighted by atomic mass is 16.4. The highest BCUT2D eigenvalue weighted by Crippen LogP contribution is 2.22. The number of carbonyl (C=O) groups is 3. The number of hydrogen-bond donors (Lipinski definition) is 3. The standard InChI is InChI=1S/C14H17N3O.C2H2O4/c1-10-8-13(16-14(18)9-17(2)3)11-6-4-5-7-12(11)15-10;3-1(4)2(5)6/h4-8H,9H2,1-3H3,(H,15,16,18);(H,3,4)(H,5,6). The summed E-state index contributed by atoms with van der Waals surface area (Å²) < 4.78 is 0. The van der Waals surface area contributed by atoms with Crippen LogP contribution in [0, 0.1) is 6.92 Å². The van der Waals surface area contributed by atoms with Gasteiger partial charge in [-0.1, -0.05) is 18.2 Å². The summed E-state index contributed by atoms with van der Waals surface area (Å²) in [5.74, 6) is -3.67. The van der Waals surface area contributed by atoms with Gasteiger partial charge in [-0.05, 0) is 33.2 Å². The maximum Gasteiger partial charge on any atom is 0.414 e. The second-order valence-corrected chi connectivity index (χ2v) is 5.22. The summed E-state index contributed by atoms with van der Waals surface area (Å²) in [6.45, 7) is 2.30. The lowest BCUT2D eigenvalue weighted by molar-refractivity contribution is -0.159. The minimum absolute atomic E-state index is 0.0178. The fourth-order valence-electron chi connectivity index (χ4n) is 1.89. The molecule has 0 bridgehead atoms. The number of aromatic nitrogens is 1. The van der Waals surface area contributed by atoms with E-state index in [1.165, 1.54) is 0 Å². The molecule has 1 aromatic carbocycles. The number of nitrogens with one attached hydrogen (secondary N) is 1. The SMILES string of the molecule is Cc1cc(NC(=O)CN(C)C)c2ccccc2n1.O=C(O)C(=O)O. The van der Waals surface area contributed by atoms with Gasteiger partial charge >= 0.3 is 11.9 Å². The van der Waals surface area contributed by atoms with E-state index in [2.05, 4.69) is 10.3 Å². The number of pyridine rings is 1. The van der Waals surface area contributed by atoms with Crippen LogP contribution in [0.3, 0.4) is 0 Å². The van der Waals surface area contributed by atoms with E-state index in [9.17, 15) is 4.79 Å². The molecule has 0 fully saturated rings. The molecule has 0 atom stereocenters. The summed E-state index contributed by atoms with van der Waals surface area (Å²) in [4.78, 5) is 36.3. The topological polar surface area (TPSA) is 120 Å². The number of carbonyl (C=O) groups excluding carboxylic acids is 1. The summed E-state index contributed by atoms with van der Waals surface area (Å²) in [6.07, 6.45) is 0. The molecular formula is C16H19N3O5. The van der Waals surface area contributed by atoms with Crippen LogP contribution in [-0.4, -0.2) is 58.6 Å². The maximum atomic E-state index is 11.8. The van der Waals surface area contributed by atoms with Gasteiger partial charge in [0.25, 0.3) is 0 Å². The van der Waals surface area contributed by atoms with Crippen molar-refractivity contribution in [2.24, 2.45) is 0 Å². The van der Waals surface area contributed by atoms with Crippen molar-refractivity contribution in [3.63, 3.8) is 0 Å². The molecule has 128 valence electrons. The van der Waals surface area contributed by atoms with E-state index in [1.54, 1.807) is 0 Å². The summed E-state index contributed by atoms with van der Waals surface area (Å²) in [5.41, 5.74) is 2.62. The largest absolute Gasteiger partial charge is 0.473 e. The lowest BCUT2D eigenvalue weighted by Crippen LogP contribution is -2.27. The lowest BCUT2D eigenvalue weighted by Gasteiger charge is -2.12. The number of likely N-dealkylation sites (N-methyl/N-ethyl adjacent to an activating group) is 1. The van der Waals surface area contributed by atoms with E-state index in [0.29, 0.717) is 6.54 Å². The number of aryl methyl sites for hydroxylation is 1. The Morgan fingerprint density at radius 1 is 1.12 bits per heavy atom. The van der Waals surface area contributed by atoms with Crippen molar-refractivity contribution in [1.82, 2.24) is 9.88 Å². The number of rotatable bonds is 3. The summed E-state index contributed by atoms with van der Waals surface area (Å²) in [5, 5.41) is 18.7. The van der Waals surface area contributed by atoms with E-state index in [1.807, 2.05) is 56.3 Å². The number of aliphatic carboxylic acids is 2. The fraction of sp³-hybridized carbons (Fsp3) is 0.250. The lowest BCUT2D eigenvalue weighted by atomic mass is 10.1. The molecule has 0 spiro atoms. The van der Waals surface area contributed by atoms with Crippen LogP contribution >= 0.6 is 0 Å². The molecule has 8 nitrogen and oxygen atoms in total. The molecule has 3 N–H and O–H groups in total. The second kappa shape index (κ2) is 8.59. The predicted molar refractivity (Wildman–Crippen MR) is 88.9 cm³/mol. The van der Waals surface area contributed by atoms with Gasteiger partial charge in [-0.2, -0.15) is 0 Å². The molecule has 0 aliphatic heterocycles. The molecule has 24 heavy (non-hydrogen) atoms. The quantitative estimate of drug-likeness (QED) is 0.722. The summed E-state index contributed by atoms with van der Waals surface area (Å²) in [6, 6.07) is 9.70. The Bertz CT molecular complexity index is 746. The average molecular weight is 333 g/mol. The number of benzene rings is 1. The van der Waals surface area contributed by atoms with Crippen molar-refractivity contribution in [2.75, 3.05) is 26.0 Å². The third-order valence-corrected chi connectivity index (χ3v) is 2.76. The van der Waals surface area contributed by atoms with Crippen LogP contribution in [0.2, 0.25) is 0 Å². The first-order valence-corrected chi connectivity index (χ1v) is 6.98. The molecule has 0 aliphatic carbocycles. The van der Waals surface area contributed by atoms with Gasteiger partial charge < -0.3 is 20.4 Å². The number of para-hydroxylation sites is 1. The van der Waals surface area contributed by atoms with Crippen LogP contribution in [0.15, 0.2) is 30.3 Å². The zero-order valence-electron chi connectivity index (χ0n) is 13.6. The Kier molecular flexibility index (Phi) is 6.81. The molecule has 0 saturated carbocycles. The average Bonchev–Trinajstić information content (AvgIpc) is 2.46. The Labute approximate surface area is 138 Å². The number of nitrogens with zero attached hydrogens (tertiary/aromatic N) is 2. The molecule has 2 rings (SSSR count). The van der Waals surface area contributed by atoms with Crippen LogP contribution in [0.4, 0.5) is 5.69 Å². The molecule has 0 radical (unpaired) electrons. The number of hydrogen-bond acceptors (Lipinski definition) is 5. The minimum Gasteiger partial charge on any atom is -0.473 e. The van der Waals surface area contributed by atoms with Gasteiger partial charge in [-0.3, -0.25) is 9.78 Å². The maximum absolute atomic E-state index is 11.8. The van der Waals surface area contributed by atoms with Gasteiger partial charge in [0.2, 0.25) is 5.91 Å². The van der Waals surface area contributed by atoms with Gasteiger partial charge in [0.15, 0.2) is 0 Å². The number of anilines is 1. The number of carboxylic acid groups (broad SMARTS) is 2. The van der Waals surface area contributed by atoms with Gasteiger partial charge in [0, 0.05) is 11.1 Å². The van der Waals surface area contributed by atoms with Crippen LogP contribution in [-0.2, 0) is 14.4 Å². The minimum atomic E-state index is -1.82. The highest BCUT2D eigenvalue weighted by molar-refractivity contribution is 6.27. The van der Waals surface area contributed by atoms with Gasteiger partial charge in [-0.25, -0.2) is 9.59 Å². The van der Waals surface area contributed by atoms with Crippen LogP contribution in [0.25, 0.3) is 10.9 Å². The molecule has 2 aromatic rings. The van der Waals surface area contributed by atoms with E-state index < -0.39 is 11.9 Å². The Morgan fingerprint density at radius 3 is 2.25 bits per heavy atom. The third kappa shape index (κ3) is 6.01.